The summed E-state index contributed by atoms with van der Waals surface area (Å²) in [6.07, 6.45) is 6.60. The zero-order valence-electron chi connectivity index (χ0n) is 17.0. The van der Waals surface area contributed by atoms with Crippen molar-refractivity contribution >= 4 is 11.8 Å². The smallest absolute Gasteiger partial charge is 0.253 e. The molecule has 6 nitrogen and oxygen atoms in total. The van der Waals surface area contributed by atoms with Crippen LogP contribution in [-0.4, -0.2) is 51.8 Å². The van der Waals surface area contributed by atoms with E-state index in [4.69, 9.17) is 4.74 Å². The number of para-hydroxylation sites is 1. The van der Waals surface area contributed by atoms with E-state index in [-0.39, 0.29) is 17.9 Å². The SMILES string of the molecule is CC(=O)N1Cc2ccccc2OC2(CCC(N(C)C(=O)c3ccncc3)CC2)C1. The number of hydrogen-bond donors (Lipinski definition) is 0. The predicted molar refractivity (Wildman–Crippen MR) is 109 cm³/mol. The fourth-order valence-electron chi connectivity index (χ4n) is 4.47. The Kier molecular flexibility index (Phi) is 5.26. The van der Waals surface area contributed by atoms with Crippen LogP contribution in [0.25, 0.3) is 0 Å². The van der Waals surface area contributed by atoms with Gasteiger partial charge in [-0.1, -0.05) is 18.2 Å². The average molecular weight is 393 g/mol. The second kappa shape index (κ2) is 7.85. The van der Waals surface area contributed by atoms with Gasteiger partial charge in [-0.15, -0.1) is 0 Å². The van der Waals surface area contributed by atoms with E-state index in [0.29, 0.717) is 18.7 Å². The predicted octanol–water partition coefficient (Wildman–Crippen LogP) is 3.28. The number of nitrogens with zero attached hydrogens (tertiary/aromatic N) is 3. The number of carbonyl (C=O) groups excluding carboxylic acids is 2. The van der Waals surface area contributed by atoms with Gasteiger partial charge in [-0.3, -0.25) is 14.6 Å². The monoisotopic (exact) mass is 393 g/mol. The molecule has 0 N–H and O–H groups in total. The van der Waals surface area contributed by atoms with E-state index in [2.05, 4.69) is 4.98 Å². The normalized spacial score (nSPS) is 23.7. The fourth-order valence-corrected chi connectivity index (χ4v) is 4.47. The molecule has 0 saturated heterocycles. The highest BCUT2D eigenvalue weighted by Crippen LogP contribution is 2.39. The third-order valence-corrected chi connectivity index (χ3v) is 6.25. The molecule has 1 aliphatic carbocycles. The minimum Gasteiger partial charge on any atom is -0.485 e. The molecule has 4 rings (SSSR count). The maximum Gasteiger partial charge on any atom is 0.253 e. The quantitative estimate of drug-likeness (QED) is 0.786. The van der Waals surface area contributed by atoms with Crippen LogP contribution in [0, 0.1) is 0 Å². The van der Waals surface area contributed by atoms with Gasteiger partial charge in [-0.2, -0.15) is 0 Å². The van der Waals surface area contributed by atoms with Crippen LogP contribution >= 0.6 is 0 Å². The number of hydrogen-bond acceptors (Lipinski definition) is 4. The molecular formula is C23H27N3O3. The molecule has 1 aromatic heterocycles. The number of aromatic nitrogens is 1. The van der Waals surface area contributed by atoms with Crippen LogP contribution in [0.4, 0.5) is 0 Å². The van der Waals surface area contributed by atoms with Crippen molar-refractivity contribution in [3.8, 4) is 5.75 Å². The topological polar surface area (TPSA) is 62.7 Å². The minimum absolute atomic E-state index is 0.0193. The molecule has 2 heterocycles. The molecule has 0 unspecified atom stereocenters. The molecule has 1 aliphatic heterocycles. The van der Waals surface area contributed by atoms with Crippen LogP contribution < -0.4 is 4.74 Å². The highest BCUT2D eigenvalue weighted by Gasteiger charge is 2.43. The molecule has 1 aromatic carbocycles. The molecule has 29 heavy (non-hydrogen) atoms. The first-order valence-corrected chi connectivity index (χ1v) is 10.2. The number of fused-ring (bicyclic) bond motifs is 1. The summed E-state index contributed by atoms with van der Waals surface area (Å²) in [6, 6.07) is 11.6. The third kappa shape index (κ3) is 3.97. The molecule has 2 aliphatic rings. The molecule has 1 spiro atoms. The molecule has 0 bridgehead atoms. The molecule has 2 amide bonds. The number of amides is 2. The molecular weight excluding hydrogens is 366 g/mol. The van der Waals surface area contributed by atoms with E-state index in [9.17, 15) is 9.59 Å². The van der Waals surface area contributed by atoms with Gasteiger partial charge in [0.1, 0.15) is 11.4 Å². The lowest BCUT2D eigenvalue weighted by Crippen LogP contribution is -2.52. The summed E-state index contributed by atoms with van der Waals surface area (Å²) in [5.74, 6) is 0.957. The summed E-state index contributed by atoms with van der Waals surface area (Å²) >= 11 is 0. The van der Waals surface area contributed by atoms with E-state index < -0.39 is 5.60 Å². The lowest BCUT2D eigenvalue weighted by atomic mass is 9.81. The summed E-state index contributed by atoms with van der Waals surface area (Å²) in [5.41, 5.74) is 1.31. The molecule has 2 aromatic rings. The van der Waals surface area contributed by atoms with Gasteiger partial charge in [0.05, 0.1) is 6.54 Å². The Bertz CT molecular complexity index is 891. The number of pyridine rings is 1. The van der Waals surface area contributed by atoms with Crippen molar-refractivity contribution in [3.05, 3.63) is 59.9 Å². The van der Waals surface area contributed by atoms with Gasteiger partial charge in [-0.25, -0.2) is 0 Å². The van der Waals surface area contributed by atoms with E-state index >= 15 is 0 Å². The van der Waals surface area contributed by atoms with Crippen molar-refractivity contribution in [2.24, 2.45) is 0 Å². The molecule has 1 fully saturated rings. The molecule has 1 saturated carbocycles. The first-order chi connectivity index (χ1) is 14.0. The molecule has 6 heteroatoms. The Morgan fingerprint density at radius 2 is 1.83 bits per heavy atom. The maximum atomic E-state index is 12.8. The zero-order chi connectivity index (χ0) is 20.4. The van der Waals surface area contributed by atoms with Gasteiger partial charge >= 0.3 is 0 Å². The Hall–Kier alpha value is -2.89. The van der Waals surface area contributed by atoms with E-state index in [1.54, 1.807) is 31.5 Å². The first kappa shape index (κ1) is 19.4. The zero-order valence-corrected chi connectivity index (χ0v) is 17.0. The third-order valence-electron chi connectivity index (χ3n) is 6.25. The molecule has 0 atom stereocenters. The van der Waals surface area contributed by atoms with Crippen molar-refractivity contribution in [1.82, 2.24) is 14.8 Å². The second-order valence-corrected chi connectivity index (χ2v) is 8.15. The fraction of sp³-hybridized carbons (Fsp3) is 0.435. The van der Waals surface area contributed by atoms with Crippen LogP contribution in [-0.2, 0) is 11.3 Å². The van der Waals surface area contributed by atoms with Crippen molar-refractivity contribution < 1.29 is 14.3 Å². The van der Waals surface area contributed by atoms with Gasteiger partial charge in [0.15, 0.2) is 0 Å². The molecule has 0 radical (unpaired) electrons. The van der Waals surface area contributed by atoms with E-state index in [1.807, 2.05) is 41.1 Å². The van der Waals surface area contributed by atoms with Gasteiger partial charge in [-0.05, 0) is 43.9 Å². The Labute approximate surface area is 171 Å². The minimum atomic E-state index is -0.394. The van der Waals surface area contributed by atoms with Gasteiger partial charge in [0, 0.05) is 50.1 Å². The standard InChI is InChI=1S/C23H27N3O3/c1-17(27)26-15-19-5-3-4-6-21(19)29-23(16-26)11-7-20(8-12-23)25(2)22(28)18-9-13-24-14-10-18/h3-6,9-10,13-14,20H,7-8,11-12,15-16H2,1-2H3. The number of carbonyl (C=O) groups is 2. The Balaban J connectivity index is 1.50. The van der Waals surface area contributed by atoms with Crippen molar-refractivity contribution in [1.29, 1.82) is 0 Å². The summed E-state index contributed by atoms with van der Waals surface area (Å²) in [6.45, 7) is 2.79. The largest absolute Gasteiger partial charge is 0.485 e. The number of ether oxygens (including phenoxy) is 1. The van der Waals surface area contributed by atoms with Gasteiger partial charge < -0.3 is 14.5 Å². The summed E-state index contributed by atoms with van der Waals surface area (Å²) < 4.78 is 6.53. The average Bonchev–Trinajstić information content (AvgIpc) is 2.90. The number of rotatable bonds is 2. The summed E-state index contributed by atoms with van der Waals surface area (Å²) in [4.78, 5) is 32.7. The van der Waals surface area contributed by atoms with Crippen molar-refractivity contribution in [3.63, 3.8) is 0 Å². The van der Waals surface area contributed by atoms with Gasteiger partial charge in [0.2, 0.25) is 5.91 Å². The molecule has 152 valence electrons. The van der Waals surface area contributed by atoms with Crippen LogP contribution in [0.1, 0.15) is 48.5 Å². The second-order valence-electron chi connectivity index (χ2n) is 8.15. The lowest BCUT2D eigenvalue weighted by molar-refractivity contribution is -0.132. The summed E-state index contributed by atoms with van der Waals surface area (Å²) in [7, 11) is 1.87. The van der Waals surface area contributed by atoms with Crippen molar-refractivity contribution in [2.45, 2.75) is 50.8 Å². The van der Waals surface area contributed by atoms with Crippen molar-refractivity contribution in [2.75, 3.05) is 13.6 Å². The van der Waals surface area contributed by atoms with Crippen LogP contribution in [0.2, 0.25) is 0 Å². The van der Waals surface area contributed by atoms with Crippen LogP contribution in [0.15, 0.2) is 48.8 Å². The van der Waals surface area contributed by atoms with Crippen LogP contribution in [0.5, 0.6) is 5.75 Å². The first-order valence-electron chi connectivity index (χ1n) is 10.2. The maximum absolute atomic E-state index is 12.8. The van der Waals surface area contributed by atoms with E-state index in [0.717, 1.165) is 37.0 Å². The van der Waals surface area contributed by atoms with Crippen LogP contribution in [0.3, 0.4) is 0 Å². The Morgan fingerprint density at radius 1 is 1.14 bits per heavy atom. The van der Waals surface area contributed by atoms with Gasteiger partial charge in [0.25, 0.3) is 5.91 Å². The number of benzene rings is 1. The lowest BCUT2D eigenvalue weighted by Gasteiger charge is -2.43. The highest BCUT2D eigenvalue weighted by molar-refractivity contribution is 5.94. The highest BCUT2D eigenvalue weighted by atomic mass is 16.5. The Morgan fingerprint density at radius 3 is 2.52 bits per heavy atom. The van der Waals surface area contributed by atoms with E-state index in [1.165, 1.54) is 0 Å². The summed E-state index contributed by atoms with van der Waals surface area (Å²) in [5, 5.41) is 0.